The number of rotatable bonds is 7. The van der Waals surface area contributed by atoms with E-state index in [0.717, 1.165) is 28.1 Å². The third-order valence-corrected chi connectivity index (χ3v) is 4.86. The molecule has 0 bridgehead atoms. The van der Waals surface area contributed by atoms with E-state index < -0.39 is 5.97 Å². The van der Waals surface area contributed by atoms with Gasteiger partial charge in [0.1, 0.15) is 12.4 Å². The van der Waals surface area contributed by atoms with Gasteiger partial charge in [-0.3, -0.25) is 0 Å². The normalized spacial score (nSPS) is 10.5. The molecule has 0 unspecified atom stereocenters. The predicted octanol–water partition coefficient (Wildman–Crippen LogP) is 5.85. The van der Waals surface area contributed by atoms with Gasteiger partial charge in [-0.25, -0.2) is 4.79 Å². The van der Waals surface area contributed by atoms with Crippen LogP contribution in [-0.4, -0.2) is 11.1 Å². The van der Waals surface area contributed by atoms with Crippen molar-refractivity contribution in [2.24, 2.45) is 0 Å². The average Bonchev–Trinajstić information content (AvgIpc) is 2.67. The fourth-order valence-corrected chi connectivity index (χ4v) is 3.09. The van der Waals surface area contributed by atoms with Crippen LogP contribution in [-0.2, 0) is 13.2 Å². The molecule has 0 heterocycles. The maximum Gasteiger partial charge on any atom is 0.335 e. The summed E-state index contributed by atoms with van der Waals surface area (Å²) in [5.41, 5.74) is 5.19. The molecule has 0 spiro atoms. The van der Waals surface area contributed by atoms with Crippen LogP contribution in [0.3, 0.4) is 0 Å². The number of aryl methyl sites for hydroxylation is 2. The van der Waals surface area contributed by atoms with Crippen LogP contribution < -0.4 is 10.1 Å². The Bertz CT molecular complexity index is 1000. The number of hydrogen-bond acceptors (Lipinski definition) is 3. The van der Waals surface area contributed by atoms with Crippen molar-refractivity contribution in [3.63, 3.8) is 0 Å². The lowest BCUT2D eigenvalue weighted by Crippen LogP contribution is -2.06. The summed E-state index contributed by atoms with van der Waals surface area (Å²) in [4.78, 5) is 11.2. The van der Waals surface area contributed by atoms with Gasteiger partial charge in [-0.05, 0) is 60.9 Å². The van der Waals surface area contributed by atoms with E-state index in [1.165, 1.54) is 5.56 Å². The summed E-state index contributed by atoms with van der Waals surface area (Å²) in [5.74, 6) is -0.208. The summed E-state index contributed by atoms with van der Waals surface area (Å²) in [5, 5.41) is 13.1. The Hall–Kier alpha value is -2.98. The van der Waals surface area contributed by atoms with Crippen LogP contribution in [0.5, 0.6) is 5.75 Å². The van der Waals surface area contributed by atoms with E-state index >= 15 is 0 Å². The Balaban J connectivity index is 1.77. The Morgan fingerprint density at radius 1 is 1.00 bits per heavy atom. The first kappa shape index (κ1) is 19.8. The van der Waals surface area contributed by atoms with Crippen LogP contribution in [0.1, 0.15) is 32.6 Å². The maximum atomic E-state index is 11.2. The minimum absolute atomic E-state index is 0.246. The first-order chi connectivity index (χ1) is 13.4. The van der Waals surface area contributed by atoms with Gasteiger partial charge in [0.2, 0.25) is 0 Å². The fraction of sp³-hybridized carbons (Fsp3) is 0.174. The van der Waals surface area contributed by atoms with Gasteiger partial charge in [-0.1, -0.05) is 41.9 Å². The monoisotopic (exact) mass is 395 g/mol. The summed E-state index contributed by atoms with van der Waals surface area (Å²) < 4.78 is 6.05. The second kappa shape index (κ2) is 8.81. The number of carbonyl (C=O) groups is 1. The number of halogens is 1. The molecule has 0 aliphatic heterocycles. The Morgan fingerprint density at radius 2 is 1.79 bits per heavy atom. The average molecular weight is 396 g/mol. The minimum Gasteiger partial charge on any atom is -0.489 e. The van der Waals surface area contributed by atoms with Crippen molar-refractivity contribution in [2.75, 3.05) is 5.32 Å². The standard InChI is InChI=1S/C23H22ClNO3/c1-15-5-3-4-6-18(15)14-28-22-10-9-20(24)11-19(22)13-25-21-12-17(23(26)27)8-7-16(21)2/h3-12,25H,13-14H2,1-2H3,(H,26,27). The topological polar surface area (TPSA) is 58.6 Å². The molecule has 4 nitrogen and oxygen atoms in total. The summed E-state index contributed by atoms with van der Waals surface area (Å²) in [6, 6.07) is 18.6. The summed E-state index contributed by atoms with van der Waals surface area (Å²) in [6.07, 6.45) is 0. The Morgan fingerprint density at radius 3 is 2.54 bits per heavy atom. The van der Waals surface area contributed by atoms with Crippen molar-refractivity contribution in [3.05, 3.63) is 93.5 Å². The molecule has 0 radical (unpaired) electrons. The van der Waals surface area contributed by atoms with Crippen molar-refractivity contribution >= 4 is 23.3 Å². The van der Waals surface area contributed by atoms with Crippen LogP contribution in [0.2, 0.25) is 5.02 Å². The molecule has 0 amide bonds. The fourth-order valence-electron chi connectivity index (χ4n) is 2.89. The highest BCUT2D eigenvalue weighted by molar-refractivity contribution is 6.30. The van der Waals surface area contributed by atoms with Gasteiger partial charge in [0.25, 0.3) is 0 Å². The third-order valence-electron chi connectivity index (χ3n) is 4.62. The van der Waals surface area contributed by atoms with Crippen molar-refractivity contribution in [2.45, 2.75) is 27.0 Å². The van der Waals surface area contributed by atoms with E-state index in [2.05, 4.69) is 18.3 Å². The molecule has 0 aromatic heterocycles. The molecule has 0 atom stereocenters. The SMILES string of the molecule is Cc1ccccc1COc1ccc(Cl)cc1CNc1cc(C(=O)O)ccc1C. The summed E-state index contributed by atoms with van der Waals surface area (Å²) in [6.45, 7) is 4.92. The number of anilines is 1. The number of hydrogen-bond donors (Lipinski definition) is 2. The number of carboxylic acids is 1. The van der Waals surface area contributed by atoms with E-state index in [1.807, 2.05) is 37.3 Å². The minimum atomic E-state index is -0.951. The molecule has 0 aliphatic carbocycles. The molecule has 0 fully saturated rings. The summed E-state index contributed by atoms with van der Waals surface area (Å²) >= 11 is 6.18. The second-order valence-electron chi connectivity index (χ2n) is 6.66. The molecule has 0 saturated carbocycles. The number of ether oxygens (including phenoxy) is 1. The van der Waals surface area contributed by atoms with Crippen molar-refractivity contribution in [1.29, 1.82) is 0 Å². The van der Waals surface area contributed by atoms with E-state index in [9.17, 15) is 9.90 Å². The largest absolute Gasteiger partial charge is 0.489 e. The smallest absolute Gasteiger partial charge is 0.335 e. The molecule has 3 rings (SSSR count). The van der Waals surface area contributed by atoms with Crippen molar-refractivity contribution < 1.29 is 14.6 Å². The molecular formula is C23H22ClNO3. The first-order valence-electron chi connectivity index (χ1n) is 8.97. The molecular weight excluding hydrogens is 374 g/mol. The lowest BCUT2D eigenvalue weighted by Gasteiger charge is -2.15. The van der Waals surface area contributed by atoms with Crippen molar-refractivity contribution in [1.82, 2.24) is 0 Å². The second-order valence-corrected chi connectivity index (χ2v) is 7.09. The van der Waals surface area contributed by atoms with Crippen LogP contribution in [0.25, 0.3) is 0 Å². The van der Waals surface area contributed by atoms with Crippen LogP contribution in [0.4, 0.5) is 5.69 Å². The summed E-state index contributed by atoms with van der Waals surface area (Å²) in [7, 11) is 0. The van der Waals surface area contributed by atoms with Gasteiger partial charge in [-0.15, -0.1) is 0 Å². The van der Waals surface area contributed by atoms with E-state index in [-0.39, 0.29) is 5.56 Å². The van der Waals surface area contributed by atoms with E-state index in [0.29, 0.717) is 18.2 Å². The van der Waals surface area contributed by atoms with Gasteiger partial charge in [-0.2, -0.15) is 0 Å². The number of aromatic carboxylic acids is 1. The van der Waals surface area contributed by atoms with Crippen LogP contribution in [0.15, 0.2) is 60.7 Å². The van der Waals surface area contributed by atoms with Crippen molar-refractivity contribution in [3.8, 4) is 5.75 Å². The lowest BCUT2D eigenvalue weighted by molar-refractivity contribution is 0.0697. The zero-order chi connectivity index (χ0) is 20.1. The zero-order valence-corrected chi connectivity index (χ0v) is 16.6. The zero-order valence-electron chi connectivity index (χ0n) is 15.8. The molecule has 144 valence electrons. The predicted molar refractivity (Wildman–Crippen MR) is 112 cm³/mol. The molecule has 2 N–H and O–H groups in total. The third kappa shape index (κ3) is 4.84. The molecule has 0 saturated heterocycles. The van der Waals surface area contributed by atoms with Gasteiger partial charge in [0.15, 0.2) is 0 Å². The molecule has 3 aromatic carbocycles. The quantitative estimate of drug-likeness (QED) is 0.527. The number of carboxylic acid groups (broad SMARTS) is 1. The first-order valence-corrected chi connectivity index (χ1v) is 9.35. The highest BCUT2D eigenvalue weighted by atomic mass is 35.5. The molecule has 0 aliphatic rings. The number of benzene rings is 3. The Kier molecular flexibility index (Phi) is 6.22. The van der Waals surface area contributed by atoms with Gasteiger partial charge >= 0.3 is 5.97 Å². The number of nitrogens with one attached hydrogen (secondary N) is 1. The molecule has 5 heteroatoms. The lowest BCUT2D eigenvalue weighted by atomic mass is 10.1. The molecule has 3 aromatic rings. The van der Waals surface area contributed by atoms with Crippen LogP contribution >= 0.6 is 11.6 Å². The Labute approximate surface area is 169 Å². The van der Waals surface area contributed by atoms with E-state index in [1.54, 1.807) is 24.3 Å². The van der Waals surface area contributed by atoms with Gasteiger partial charge in [0.05, 0.1) is 5.56 Å². The maximum absolute atomic E-state index is 11.2. The highest BCUT2D eigenvalue weighted by Crippen LogP contribution is 2.26. The van der Waals surface area contributed by atoms with Gasteiger partial charge < -0.3 is 15.2 Å². The highest BCUT2D eigenvalue weighted by Gasteiger charge is 2.09. The van der Waals surface area contributed by atoms with E-state index in [4.69, 9.17) is 16.3 Å². The van der Waals surface area contributed by atoms with Crippen LogP contribution in [0, 0.1) is 13.8 Å². The molecule has 28 heavy (non-hydrogen) atoms. The van der Waals surface area contributed by atoms with Gasteiger partial charge in [0, 0.05) is 22.8 Å².